The lowest BCUT2D eigenvalue weighted by Crippen LogP contribution is -2.50. The molecule has 114 valence electrons. The zero-order chi connectivity index (χ0) is 14.7. The highest BCUT2D eigenvalue weighted by molar-refractivity contribution is 5.74. The molecule has 5 nitrogen and oxygen atoms in total. The van der Waals surface area contributed by atoms with E-state index in [2.05, 4.69) is 24.4 Å². The summed E-state index contributed by atoms with van der Waals surface area (Å²) < 4.78 is 11.3. The third-order valence-corrected chi connectivity index (χ3v) is 4.15. The first-order valence-electron chi connectivity index (χ1n) is 7.53. The maximum absolute atomic E-state index is 12.2. The molecule has 0 aliphatic carbocycles. The molecule has 2 heterocycles. The second-order valence-corrected chi connectivity index (χ2v) is 5.74. The molecule has 0 aromatic heterocycles. The summed E-state index contributed by atoms with van der Waals surface area (Å²) in [7, 11) is 0. The van der Waals surface area contributed by atoms with Crippen molar-refractivity contribution in [3.8, 4) is 0 Å². The highest BCUT2D eigenvalue weighted by Gasteiger charge is 2.40. The van der Waals surface area contributed by atoms with E-state index < -0.39 is 5.79 Å². The van der Waals surface area contributed by atoms with Gasteiger partial charge in [0.2, 0.25) is 0 Å². The van der Waals surface area contributed by atoms with E-state index in [0.717, 1.165) is 18.4 Å². The number of piperidine rings is 1. The Morgan fingerprint density at radius 1 is 1.29 bits per heavy atom. The summed E-state index contributed by atoms with van der Waals surface area (Å²) in [6.45, 7) is 5.31. The van der Waals surface area contributed by atoms with Gasteiger partial charge in [0.15, 0.2) is 5.79 Å². The molecule has 21 heavy (non-hydrogen) atoms. The molecule has 1 N–H and O–H groups in total. The summed E-state index contributed by atoms with van der Waals surface area (Å²) in [5.41, 5.74) is 2.33. The number of aryl methyl sites for hydroxylation is 1. The largest absolute Gasteiger partial charge is 0.347 e. The molecule has 0 radical (unpaired) electrons. The van der Waals surface area contributed by atoms with Gasteiger partial charge in [0.25, 0.3) is 0 Å². The molecule has 1 spiro atoms. The first kappa shape index (κ1) is 14.4. The van der Waals surface area contributed by atoms with Gasteiger partial charge in [0.1, 0.15) is 0 Å². The summed E-state index contributed by atoms with van der Waals surface area (Å²) in [4.78, 5) is 14.0. The summed E-state index contributed by atoms with van der Waals surface area (Å²) in [6.07, 6.45) is 1.51. The van der Waals surface area contributed by atoms with Crippen molar-refractivity contribution in [2.45, 2.75) is 32.1 Å². The van der Waals surface area contributed by atoms with Crippen molar-refractivity contribution in [1.29, 1.82) is 0 Å². The molecule has 1 aromatic carbocycles. The maximum Gasteiger partial charge on any atom is 0.317 e. The third-order valence-electron chi connectivity index (χ3n) is 4.15. The lowest BCUT2D eigenvalue weighted by Gasteiger charge is -2.37. The van der Waals surface area contributed by atoms with Gasteiger partial charge in [-0.3, -0.25) is 0 Å². The minimum Gasteiger partial charge on any atom is -0.347 e. The number of nitrogens with zero attached hydrogens (tertiary/aromatic N) is 1. The standard InChI is InChI=1S/C16H22N2O3/c1-13-3-2-4-14(11-13)12-17-15(19)18-7-5-16(6-8-18)20-9-10-21-16/h2-4,11H,5-10,12H2,1H3,(H,17,19). The van der Waals surface area contributed by atoms with Crippen molar-refractivity contribution in [3.63, 3.8) is 0 Å². The number of nitrogens with one attached hydrogen (secondary N) is 1. The van der Waals surface area contributed by atoms with Gasteiger partial charge in [0, 0.05) is 32.5 Å². The van der Waals surface area contributed by atoms with Crippen LogP contribution >= 0.6 is 0 Å². The number of hydrogen-bond acceptors (Lipinski definition) is 3. The van der Waals surface area contributed by atoms with E-state index >= 15 is 0 Å². The first-order valence-corrected chi connectivity index (χ1v) is 7.53. The number of urea groups is 1. The van der Waals surface area contributed by atoms with Crippen molar-refractivity contribution < 1.29 is 14.3 Å². The molecule has 2 amide bonds. The summed E-state index contributed by atoms with van der Waals surface area (Å²) in [6, 6.07) is 8.17. The minimum atomic E-state index is -0.423. The van der Waals surface area contributed by atoms with Crippen LogP contribution < -0.4 is 5.32 Å². The van der Waals surface area contributed by atoms with E-state index in [-0.39, 0.29) is 6.03 Å². The predicted molar refractivity (Wildman–Crippen MR) is 78.9 cm³/mol. The van der Waals surface area contributed by atoms with Crippen molar-refractivity contribution in [2.75, 3.05) is 26.3 Å². The van der Waals surface area contributed by atoms with Crippen LogP contribution in [0.3, 0.4) is 0 Å². The SMILES string of the molecule is Cc1cccc(CNC(=O)N2CCC3(CC2)OCCO3)c1. The Kier molecular flexibility index (Phi) is 4.12. The predicted octanol–water partition coefficient (Wildman–Crippen LogP) is 2.04. The smallest absolute Gasteiger partial charge is 0.317 e. The van der Waals surface area contributed by atoms with Gasteiger partial charge in [-0.2, -0.15) is 0 Å². The molecule has 0 bridgehead atoms. The Balaban J connectivity index is 1.48. The highest BCUT2D eigenvalue weighted by atomic mass is 16.7. The summed E-state index contributed by atoms with van der Waals surface area (Å²) in [5.74, 6) is -0.423. The molecule has 2 aliphatic heterocycles. The number of rotatable bonds is 2. The zero-order valence-corrected chi connectivity index (χ0v) is 12.4. The van der Waals surface area contributed by atoms with E-state index in [0.29, 0.717) is 32.8 Å². The number of amides is 2. The molecule has 2 fully saturated rings. The molecule has 2 aliphatic rings. The van der Waals surface area contributed by atoms with Gasteiger partial charge in [-0.15, -0.1) is 0 Å². The topological polar surface area (TPSA) is 50.8 Å². The minimum absolute atomic E-state index is 0.00986. The number of carbonyl (C=O) groups is 1. The molecule has 5 heteroatoms. The summed E-state index contributed by atoms with van der Waals surface area (Å²) in [5, 5.41) is 2.98. The van der Waals surface area contributed by atoms with Crippen LogP contribution in [0.25, 0.3) is 0 Å². The molecule has 0 unspecified atom stereocenters. The third kappa shape index (κ3) is 3.36. The van der Waals surface area contributed by atoms with Crippen molar-refractivity contribution in [2.24, 2.45) is 0 Å². The van der Waals surface area contributed by atoms with Gasteiger partial charge >= 0.3 is 6.03 Å². The average molecular weight is 290 g/mol. The summed E-state index contributed by atoms with van der Waals surface area (Å²) >= 11 is 0. The normalized spacial score (nSPS) is 20.7. The Bertz CT molecular complexity index is 502. The van der Waals surface area contributed by atoms with Crippen LogP contribution in [-0.2, 0) is 16.0 Å². The van der Waals surface area contributed by atoms with Crippen molar-refractivity contribution in [1.82, 2.24) is 10.2 Å². The van der Waals surface area contributed by atoms with Gasteiger partial charge in [-0.25, -0.2) is 4.79 Å². The molecule has 0 saturated carbocycles. The van der Waals surface area contributed by atoms with Gasteiger partial charge in [-0.1, -0.05) is 29.8 Å². The van der Waals surface area contributed by atoms with E-state index in [4.69, 9.17) is 9.47 Å². The zero-order valence-electron chi connectivity index (χ0n) is 12.4. The van der Waals surface area contributed by atoms with Crippen LogP contribution in [0.4, 0.5) is 4.79 Å². The van der Waals surface area contributed by atoms with E-state index in [1.54, 1.807) is 0 Å². The fraction of sp³-hybridized carbons (Fsp3) is 0.562. The van der Waals surface area contributed by atoms with E-state index in [9.17, 15) is 4.79 Å². The monoisotopic (exact) mass is 290 g/mol. The first-order chi connectivity index (χ1) is 10.2. The van der Waals surface area contributed by atoms with Crippen LogP contribution in [0.15, 0.2) is 24.3 Å². The molecular formula is C16H22N2O3. The number of likely N-dealkylation sites (tertiary alicyclic amines) is 1. The molecular weight excluding hydrogens is 268 g/mol. The molecule has 2 saturated heterocycles. The highest BCUT2D eigenvalue weighted by Crippen LogP contribution is 2.31. The van der Waals surface area contributed by atoms with Gasteiger partial charge < -0.3 is 19.7 Å². The van der Waals surface area contributed by atoms with Crippen LogP contribution in [-0.4, -0.2) is 43.0 Å². The van der Waals surface area contributed by atoms with Crippen molar-refractivity contribution >= 4 is 6.03 Å². The van der Waals surface area contributed by atoms with Crippen LogP contribution in [0, 0.1) is 6.92 Å². The van der Waals surface area contributed by atoms with Crippen LogP contribution in [0.5, 0.6) is 0 Å². The number of benzene rings is 1. The fourth-order valence-electron chi connectivity index (χ4n) is 2.95. The Morgan fingerprint density at radius 3 is 2.67 bits per heavy atom. The quantitative estimate of drug-likeness (QED) is 0.907. The molecule has 3 rings (SSSR count). The molecule has 0 atom stereocenters. The van der Waals surface area contributed by atoms with Crippen LogP contribution in [0.1, 0.15) is 24.0 Å². The van der Waals surface area contributed by atoms with E-state index in [1.807, 2.05) is 17.0 Å². The van der Waals surface area contributed by atoms with Crippen LogP contribution in [0.2, 0.25) is 0 Å². The second kappa shape index (κ2) is 6.03. The fourth-order valence-corrected chi connectivity index (χ4v) is 2.95. The average Bonchev–Trinajstić information content (AvgIpc) is 2.94. The number of hydrogen-bond donors (Lipinski definition) is 1. The lowest BCUT2D eigenvalue weighted by atomic mass is 10.0. The van der Waals surface area contributed by atoms with Gasteiger partial charge in [-0.05, 0) is 12.5 Å². The Morgan fingerprint density at radius 2 is 2.00 bits per heavy atom. The lowest BCUT2D eigenvalue weighted by molar-refractivity contribution is -0.181. The Hall–Kier alpha value is -1.59. The van der Waals surface area contributed by atoms with E-state index in [1.165, 1.54) is 5.56 Å². The Labute approximate surface area is 125 Å². The van der Waals surface area contributed by atoms with Gasteiger partial charge in [0.05, 0.1) is 13.2 Å². The molecule has 1 aromatic rings. The van der Waals surface area contributed by atoms with Crippen molar-refractivity contribution in [3.05, 3.63) is 35.4 Å². The number of carbonyl (C=O) groups excluding carboxylic acids is 1. The maximum atomic E-state index is 12.2. The second-order valence-electron chi connectivity index (χ2n) is 5.74. The number of ether oxygens (including phenoxy) is 2.